The van der Waals surface area contributed by atoms with Gasteiger partial charge >= 0.3 is 0 Å². The monoisotopic (exact) mass is 650 g/mol. The molecule has 0 heterocycles. The van der Waals surface area contributed by atoms with E-state index in [1.165, 1.54) is 0 Å². The highest BCUT2D eigenvalue weighted by atomic mass is 16.3. The van der Waals surface area contributed by atoms with Crippen LogP contribution in [0.2, 0.25) is 0 Å². The molecule has 0 unspecified atom stereocenters. The van der Waals surface area contributed by atoms with E-state index in [4.69, 9.17) is 0 Å². The minimum atomic E-state index is -0.813. The predicted molar refractivity (Wildman–Crippen MR) is 200 cm³/mol. The first-order chi connectivity index (χ1) is 21.7. The van der Waals surface area contributed by atoms with Crippen LogP contribution in [0.4, 0.5) is 0 Å². The predicted octanol–water partition coefficient (Wildman–Crippen LogP) is 11.0. The Kier molecular flexibility index (Phi) is 9.15. The molecule has 0 aliphatic rings. The normalized spacial score (nSPS) is 13.5. The van der Waals surface area contributed by atoms with Crippen molar-refractivity contribution in [2.75, 3.05) is 0 Å². The maximum Gasteiger partial charge on any atom is 0.119 e. The average Bonchev–Trinajstić information content (AvgIpc) is 2.94. The van der Waals surface area contributed by atoms with Gasteiger partial charge in [-0.15, -0.1) is 0 Å². The summed E-state index contributed by atoms with van der Waals surface area (Å²) in [4.78, 5) is 0. The lowest BCUT2D eigenvalue weighted by atomic mass is 9.52. The van der Waals surface area contributed by atoms with Crippen molar-refractivity contribution in [1.29, 1.82) is 0 Å². The van der Waals surface area contributed by atoms with Gasteiger partial charge in [0.2, 0.25) is 0 Å². The summed E-state index contributed by atoms with van der Waals surface area (Å²) >= 11 is 0. The van der Waals surface area contributed by atoms with Crippen LogP contribution in [0.25, 0.3) is 0 Å². The highest BCUT2D eigenvalue weighted by molar-refractivity contribution is 5.60. The van der Waals surface area contributed by atoms with E-state index in [0.29, 0.717) is 0 Å². The van der Waals surface area contributed by atoms with Crippen LogP contribution < -0.4 is 0 Å². The lowest BCUT2D eigenvalue weighted by molar-refractivity contribution is 0.352. The fourth-order valence-electron chi connectivity index (χ4n) is 7.28. The van der Waals surface area contributed by atoms with E-state index in [9.17, 15) is 20.4 Å². The van der Waals surface area contributed by atoms with Gasteiger partial charge in [0, 0.05) is 10.8 Å². The van der Waals surface area contributed by atoms with E-state index in [1.54, 1.807) is 24.3 Å². The molecule has 0 saturated carbocycles. The molecule has 4 rings (SSSR count). The van der Waals surface area contributed by atoms with E-state index in [-0.39, 0.29) is 44.7 Å². The molecule has 0 amide bonds. The summed E-state index contributed by atoms with van der Waals surface area (Å²) in [6.07, 6.45) is 0. The fraction of sp³-hybridized carbons (Fsp3) is 0.455. The number of aromatic hydroxyl groups is 4. The van der Waals surface area contributed by atoms with Crippen molar-refractivity contribution in [3.63, 3.8) is 0 Å². The summed E-state index contributed by atoms with van der Waals surface area (Å²) in [7, 11) is 0. The molecule has 0 spiro atoms. The summed E-state index contributed by atoms with van der Waals surface area (Å²) in [6, 6.07) is 23.8. The van der Waals surface area contributed by atoms with Crippen LogP contribution >= 0.6 is 0 Å². The molecule has 4 aromatic rings. The van der Waals surface area contributed by atoms with Crippen LogP contribution in [0.3, 0.4) is 0 Å². The van der Waals surface area contributed by atoms with Crippen LogP contribution in [0.5, 0.6) is 23.0 Å². The maximum absolute atomic E-state index is 11.2. The molecule has 48 heavy (non-hydrogen) atoms. The van der Waals surface area contributed by atoms with Gasteiger partial charge in [-0.2, -0.15) is 0 Å². The van der Waals surface area contributed by atoms with Crippen molar-refractivity contribution in [3.05, 3.63) is 117 Å². The molecule has 4 heteroatoms. The Labute approximate surface area is 289 Å². The van der Waals surface area contributed by atoms with Gasteiger partial charge < -0.3 is 20.4 Å². The minimum Gasteiger partial charge on any atom is -0.508 e. The third-order valence-corrected chi connectivity index (χ3v) is 10.5. The minimum absolute atomic E-state index is 0.246. The lowest BCUT2D eigenvalue weighted by Gasteiger charge is -2.50. The van der Waals surface area contributed by atoms with Crippen molar-refractivity contribution in [3.8, 4) is 23.0 Å². The second-order valence-electron chi connectivity index (χ2n) is 18.2. The maximum atomic E-state index is 11.2. The van der Waals surface area contributed by atoms with Crippen LogP contribution in [0, 0.1) is 0 Å². The third-order valence-electron chi connectivity index (χ3n) is 10.5. The van der Waals surface area contributed by atoms with E-state index < -0.39 is 10.8 Å². The molecule has 0 saturated heterocycles. The Balaban J connectivity index is 2.31. The largest absolute Gasteiger partial charge is 0.508 e. The number of rotatable bonds is 5. The molecule has 258 valence electrons. The molecule has 0 aromatic heterocycles. The quantitative estimate of drug-likeness (QED) is 0.173. The zero-order chi connectivity index (χ0) is 36.4. The molecule has 0 aliphatic heterocycles. The van der Waals surface area contributed by atoms with Crippen molar-refractivity contribution in [2.45, 2.75) is 129 Å². The van der Waals surface area contributed by atoms with Gasteiger partial charge in [0.25, 0.3) is 0 Å². The summed E-state index contributed by atoms with van der Waals surface area (Å²) in [5.41, 5.74) is 4.37. The van der Waals surface area contributed by atoms with Crippen LogP contribution in [0.15, 0.2) is 72.8 Å². The molecular weight excluding hydrogens is 592 g/mol. The molecule has 4 nitrogen and oxygen atoms in total. The zero-order valence-electron chi connectivity index (χ0n) is 31.7. The van der Waals surface area contributed by atoms with Gasteiger partial charge in [-0.3, -0.25) is 0 Å². The van der Waals surface area contributed by atoms with Crippen molar-refractivity contribution in [2.24, 2.45) is 0 Å². The van der Waals surface area contributed by atoms with Gasteiger partial charge in [-0.1, -0.05) is 145 Å². The van der Waals surface area contributed by atoms with Gasteiger partial charge in [-0.05, 0) is 90.4 Å². The Morgan fingerprint density at radius 2 is 0.458 bits per heavy atom. The number of benzene rings is 4. The second kappa shape index (κ2) is 11.9. The Bertz CT molecular complexity index is 1560. The molecule has 0 radical (unpaired) electrons. The van der Waals surface area contributed by atoms with E-state index in [0.717, 1.165) is 44.5 Å². The Morgan fingerprint density at radius 3 is 0.604 bits per heavy atom. The van der Waals surface area contributed by atoms with Gasteiger partial charge in [0.15, 0.2) is 0 Å². The summed E-state index contributed by atoms with van der Waals surface area (Å²) in [6.45, 7) is 29.7. The van der Waals surface area contributed by atoms with Gasteiger partial charge in [0.05, 0.1) is 0 Å². The molecule has 4 aromatic carbocycles. The topological polar surface area (TPSA) is 80.9 Å². The standard InChI is InChI=1S/C44H58O4/c1-39(2,3)31-23-27(15-19-35(31)45)43(13,28-16-20-36(46)32(24-28)40(4,5)6)44(14,29-17-21-37(47)33(25-29)41(7,8)9)30-18-22-38(48)34(26-30)42(10,11)12/h15-26,45-48H,1-14H3. The van der Waals surface area contributed by atoms with E-state index in [2.05, 4.69) is 121 Å². The van der Waals surface area contributed by atoms with E-state index in [1.807, 2.05) is 24.3 Å². The summed E-state index contributed by atoms with van der Waals surface area (Å²) < 4.78 is 0. The molecular formula is C44H58O4. The molecule has 0 fully saturated rings. The second-order valence-corrected chi connectivity index (χ2v) is 18.2. The average molecular weight is 651 g/mol. The summed E-state index contributed by atoms with van der Waals surface area (Å²) in [5.74, 6) is 0.984. The fourth-order valence-corrected chi connectivity index (χ4v) is 7.28. The molecule has 4 N–H and O–H groups in total. The van der Waals surface area contributed by atoms with Crippen molar-refractivity contribution < 1.29 is 20.4 Å². The van der Waals surface area contributed by atoms with Crippen molar-refractivity contribution in [1.82, 2.24) is 0 Å². The Morgan fingerprint density at radius 1 is 0.292 bits per heavy atom. The molecule has 0 bridgehead atoms. The first-order valence-electron chi connectivity index (χ1n) is 17.1. The molecule has 0 atom stereocenters. The number of hydrogen-bond donors (Lipinski definition) is 4. The highest BCUT2D eigenvalue weighted by Crippen LogP contribution is 2.56. The highest BCUT2D eigenvalue weighted by Gasteiger charge is 2.51. The number of hydrogen-bond acceptors (Lipinski definition) is 4. The number of phenolic OH excluding ortho intramolecular Hbond substituents is 4. The van der Waals surface area contributed by atoms with Gasteiger partial charge in [-0.25, -0.2) is 0 Å². The first-order valence-corrected chi connectivity index (χ1v) is 17.1. The van der Waals surface area contributed by atoms with Gasteiger partial charge in [0.1, 0.15) is 23.0 Å². The van der Waals surface area contributed by atoms with E-state index >= 15 is 0 Å². The number of phenols is 4. The smallest absolute Gasteiger partial charge is 0.119 e. The van der Waals surface area contributed by atoms with Crippen LogP contribution in [-0.4, -0.2) is 20.4 Å². The van der Waals surface area contributed by atoms with Crippen LogP contribution in [-0.2, 0) is 32.5 Å². The molecule has 0 aliphatic carbocycles. The summed E-state index contributed by atoms with van der Waals surface area (Å²) in [5, 5.41) is 44.6. The Hall–Kier alpha value is -3.92. The lowest BCUT2D eigenvalue weighted by Crippen LogP contribution is -2.47. The van der Waals surface area contributed by atoms with Crippen LogP contribution in [0.1, 0.15) is 141 Å². The SMILES string of the molecule is CC(C)(C)c1cc(C(C)(c2ccc(O)c(C(C)(C)C)c2)C(C)(c2ccc(O)c(C(C)(C)C)c2)c2ccc(O)c(C(C)(C)C)c2)ccc1O. The third kappa shape index (κ3) is 6.43. The van der Waals surface area contributed by atoms with Crippen molar-refractivity contribution >= 4 is 0 Å². The first kappa shape index (κ1) is 36.9. The zero-order valence-corrected chi connectivity index (χ0v) is 31.7.